The Balaban J connectivity index is 1.44. The fraction of sp³-hybridized carbons (Fsp3) is 0.450. The molecule has 2 atom stereocenters. The number of amides is 1. The van der Waals surface area contributed by atoms with Gasteiger partial charge in [0.05, 0.1) is 0 Å². The number of aromatic amines is 1. The largest absolute Gasteiger partial charge is 0.346 e. The molecule has 3 aliphatic rings. The summed E-state index contributed by atoms with van der Waals surface area (Å²) < 4.78 is 13.7. The number of nitrogens with zero attached hydrogens (tertiary/aromatic N) is 2. The molecule has 2 aromatic heterocycles. The van der Waals surface area contributed by atoms with Crippen molar-refractivity contribution in [3.63, 3.8) is 0 Å². The van der Waals surface area contributed by atoms with Crippen molar-refractivity contribution in [1.82, 2.24) is 14.9 Å². The van der Waals surface area contributed by atoms with Crippen LogP contribution >= 0.6 is 0 Å². The Kier molecular flexibility index (Phi) is 3.69. The van der Waals surface area contributed by atoms with E-state index in [2.05, 4.69) is 21.4 Å². The van der Waals surface area contributed by atoms with Gasteiger partial charge in [-0.2, -0.15) is 0 Å². The molecule has 2 saturated carbocycles. The van der Waals surface area contributed by atoms with Crippen molar-refractivity contribution in [3.05, 3.63) is 30.0 Å². The predicted molar refractivity (Wildman–Crippen MR) is 99.9 cm³/mol. The van der Waals surface area contributed by atoms with Crippen LogP contribution in [0, 0.1) is 5.92 Å². The molecule has 0 saturated heterocycles. The summed E-state index contributed by atoms with van der Waals surface area (Å²) in [5.74, 6) is 0.693. The number of aromatic nitrogens is 2. The van der Waals surface area contributed by atoms with Gasteiger partial charge in [-0.25, -0.2) is 9.37 Å². The molecule has 7 heteroatoms. The molecule has 0 bridgehead atoms. The molecular formula is C20H21FN4O2. The van der Waals surface area contributed by atoms with Crippen LogP contribution in [0.2, 0.25) is 0 Å². The first-order valence-corrected chi connectivity index (χ1v) is 9.44. The van der Waals surface area contributed by atoms with E-state index in [-0.39, 0.29) is 11.8 Å². The molecule has 3 heterocycles. The zero-order valence-corrected chi connectivity index (χ0v) is 14.9. The van der Waals surface area contributed by atoms with Crippen LogP contribution in [0.5, 0.6) is 0 Å². The van der Waals surface area contributed by atoms with Gasteiger partial charge in [0, 0.05) is 37.0 Å². The minimum absolute atomic E-state index is 0.0267. The molecule has 1 aliphatic heterocycles. The maximum atomic E-state index is 13.7. The highest BCUT2D eigenvalue weighted by Gasteiger charge is 2.59. The van der Waals surface area contributed by atoms with Crippen molar-refractivity contribution in [2.24, 2.45) is 5.92 Å². The van der Waals surface area contributed by atoms with Crippen molar-refractivity contribution in [2.75, 3.05) is 18.4 Å². The molecule has 6 nitrogen and oxygen atoms in total. The van der Waals surface area contributed by atoms with E-state index in [4.69, 9.17) is 0 Å². The van der Waals surface area contributed by atoms with E-state index in [1.54, 1.807) is 0 Å². The molecule has 0 aromatic carbocycles. The van der Waals surface area contributed by atoms with Gasteiger partial charge in [-0.05, 0) is 42.5 Å². The van der Waals surface area contributed by atoms with Crippen LogP contribution in [0.15, 0.2) is 24.4 Å². The van der Waals surface area contributed by atoms with E-state index >= 15 is 0 Å². The Hall–Kier alpha value is -2.54. The average Bonchev–Trinajstić information content (AvgIpc) is 3.59. The quantitative estimate of drug-likeness (QED) is 0.796. The summed E-state index contributed by atoms with van der Waals surface area (Å²) in [7, 11) is 0. The van der Waals surface area contributed by atoms with Crippen LogP contribution in [0.3, 0.4) is 0 Å². The predicted octanol–water partition coefficient (Wildman–Crippen LogP) is 2.68. The number of carbonyl (C=O) groups excluding carboxylic acids is 2. The summed E-state index contributed by atoms with van der Waals surface area (Å²) in [5, 5.41) is 3.92. The number of nitrogens with one attached hydrogen (secondary N) is 2. The van der Waals surface area contributed by atoms with E-state index in [0.29, 0.717) is 25.3 Å². The van der Waals surface area contributed by atoms with E-state index in [1.807, 2.05) is 23.2 Å². The molecule has 2 fully saturated rings. The number of hydrogen-bond acceptors (Lipinski definition) is 4. The number of pyridine rings is 1. The molecule has 2 aromatic rings. The number of fused-ring (bicyclic) bond motifs is 1. The average molecular weight is 368 g/mol. The maximum absolute atomic E-state index is 13.7. The summed E-state index contributed by atoms with van der Waals surface area (Å²) in [6.45, 7) is 1.19. The first kappa shape index (κ1) is 16.6. The molecule has 140 valence electrons. The third-order valence-electron chi connectivity index (χ3n) is 5.96. The Morgan fingerprint density at radius 2 is 2.26 bits per heavy atom. The number of anilines is 1. The monoisotopic (exact) mass is 368 g/mol. The number of rotatable bonds is 5. The second-order valence-corrected chi connectivity index (χ2v) is 7.76. The Morgan fingerprint density at radius 1 is 1.44 bits per heavy atom. The highest BCUT2D eigenvalue weighted by atomic mass is 19.1. The van der Waals surface area contributed by atoms with Gasteiger partial charge < -0.3 is 15.1 Å². The van der Waals surface area contributed by atoms with Crippen LogP contribution in [-0.4, -0.2) is 51.9 Å². The number of H-pyrrole nitrogens is 1. The summed E-state index contributed by atoms with van der Waals surface area (Å²) in [6, 6.07) is 3.89. The van der Waals surface area contributed by atoms with E-state index < -0.39 is 11.7 Å². The standard InChI is InChI=1S/C20H21FN4O2/c21-16-10-20(16,11-26)25-7-4-12(5-8-25)15-9-17(24-19(27)13-1-2-13)23-18-14(15)3-6-22-18/h3-4,6,9,11,13,16H,1-2,5,7-8,10H2,(H2,22,23,24,27). The smallest absolute Gasteiger partial charge is 0.228 e. The SMILES string of the molecule is O=CC1(N2CC=C(c3cc(NC(=O)C4CC4)nc4[nH]ccc34)CC2)CC1F. The maximum Gasteiger partial charge on any atom is 0.228 e. The normalized spacial score (nSPS) is 28.0. The van der Waals surface area contributed by atoms with Crippen LogP contribution in [0.4, 0.5) is 10.2 Å². The van der Waals surface area contributed by atoms with Gasteiger partial charge in [-0.1, -0.05) is 6.08 Å². The Labute approximate surface area is 155 Å². The van der Waals surface area contributed by atoms with Crippen LogP contribution in [0.1, 0.15) is 31.2 Å². The highest BCUT2D eigenvalue weighted by Crippen LogP contribution is 2.45. The van der Waals surface area contributed by atoms with Crippen molar-refractivity contribution in [3.8, 4) is 0 Å². The van der Waals surface area contributed by atoms with Gasteiger partial charge in [0.1, 0.15) is 29.5 Å². The summed E-state index contributed by atoms with van der Waals surface area (Å²) in [6.07, 6.45) is 6.52. The molecule has 5 rings (SSSR count). The summed E-state index contributed by atoms with van der Waals surface area (Å²) >= 11 is 0. The minimum atomic E-state index is -1.05. The molecule has 2 aliphatic carbocycles. The Bertz CT molecular complexity index is 964. The zero-order valence-electron chi connectivity index (χ0n) is 14.9. The summed E-state index contributed by atoms with van der Waals surface area (Å²) in [5.41, 5.74) is 1.99. The molecule has 2 N–H and O–H groups in total. The molecule has 1 amide bonds. The van der Waals surface area contributed by atoms with Gasteiger partial charge in [0.2, 0.25) is 5.91 Å². The Morgan fingerprint density at radius 3 is 2.89 bits per heavy atom. The lowest BCUT2D eigenvalue weighted by Gasteiger charge is -2.31. The van der Waals surface area contributed by atoms with Crippen molar-refractivity contribution in [1.29, 1.82) is 0 Å². The van der Waals surface area contributed by atoms with Crippen molar-refractivity contribution >= 4 is 34.6 Å². The zero-order chi connectivity index (χ0) is 18.6. The molecule has 2 unspecified atom stereocenters. The minimum Gasteiger partial charge on any atom is -0.346 e. The van der Waals surface area contributed by atoms with Crippen LogP contribution in [0.25, 0.3) is 16.6 Å². The molecular weight excluding hydrogens is 347 g/mol. The number of carbonyl (C=O) groups is 2. The lowest BCUT2D eigenvalue weighted by Crippen LogP contribution is -2.43. The van der Waals surface area contributed by atoms with Gasteiger partial charge in [-0.15, -0.1) is 0 Å². The van der Waals surface area contributed by atoms with Gasteiger partial charge in [0.25, 0.3) is 0 Å². The number of alkyl halides is 1. The van der Waals surface area contributed by atoms with Crippen LogP contribution in [-0.2, 0) is 9.59 Å². The fourth-order valence-electron chi connectivity index (χ4n) is 3.98. The molecule has 0 radical (unpaired) electrons. The topological polar surface area (TPSA) is 78.1 Å². The lowest BCUT2D eigenvalue weighted by molar-refractivity contribution is -0.117. The summed E-state index contributed by atoms with van der Waals surface area (Å²) in [4.78, 5) is 33.0. The third-order valence-corrected chi connectivity index (χ3v) is 5.96. The first-order chi connectivity index (χ1) is 13.1. The van der Waals surface area contributed by atoms with E-state index in [0.717, 1.165) is 47.7 Å². The highest BCUT2D eigenvalue weighted by molar-refractivity contribution is 5.97. The first-order valence-electron chi connectivity index (χ1n) is 9.44. The van der Waals surface area contributed by atoms with Crippen molar-refractivity contribution < 1.29 is 14.0 Å². The fourth-order valence-corrected chi connectivity index (χ4v) is 3.98. The van der Waals surface area contributed by atoms with Gasteiger partial charge in [-0.3, -0.25) is 9.69 Å². The number of halogens is 1. The number of aldehydes is 1. The van der Waals surface area contributed by atoms with Gasteiger partial charge in [0.15, 0.2) is 0 Å². The van der Waals surface area contributed by atoms with Crippen molar-refractivity contribution in [2.45, 2.75) is 37.4 Å². The van der Waals surface area contributed by atoms with E-state index in [1.165, 1.54) is 0 Å². The third kappa shape index (κ3) is 2.77. The molecule has 0 spiro atoms. The number of hydrogen-bond donors (Lipinski definition) is 2. The molecule has 27 heavy (non-hydrogen) atoms. The van der Waals surface area contributed by atoms with Crippen LogP contribution < -0.4 is 5.32 Å². The van der Waals surface area contributed by atoms with E-state index in [9.17, 15) is 14.0 Å². The second kappa shape index (κ2) is 5.99. The van der Waals surface area contributed by atoms with Gasteiger partial charge >= 0.3 is 0 Å². The second-order valence-electron chi connectivity index (χ2n) is 7.76. The lowest BCUT2D eigenvalue weighted by atomic mass is 9.96.